The summed E-state index contributed by atoms with van der Waals surface area (Å²) in [5.41, 5.74) is 2.57. The third-order valence-corrected chi connectivity index (χ3v) is 4.55. The molecule has 0 saturated carbocycles. The molecule has 2 aromatic carbocycles. The summed E-state index contributed by atoms with van der Waals surface area (Å²) in [7, 11) is 0. The van der Waals surface area contributed by atoms with Gasteiger partial charge in [0.15, 0.2) is 0 Å². The monoisotopic (exact) mass is 398 g/mol. The van der Waals surface area contributed by atoms with E-state index in [4.69, 9.17) is 9.15 Å². The maximum absolute atomic E-state index is 12.3. The van der Waals surface area contributed by atoms with Crippen molar-refractivity contribution >= 4 is 11.6 Å². The van der Waals surface area contributed by atoms with Crippen molar-refractivity contribution < 1.29 is 13.9 Å². The lowest BCUT2D eigenvalue weighted by Crippen LogP contribution is -2.12. The van der Waals surface area contributed by atoms with Gasteiger partial charge in [-0.05, 0) is 36.4 Å². The summed E-state index contributed by atoms with van der Waals surface area (Å²) < 4.78 is 11.6. The van der Waals surface area contributed by atoms with Crippen LogP contribution in [0.1, 0.15) is 17.9 Å². The highest BCUT2D eigenvalue weighted by molar-refractivity contribution is 5.91. The van der Waals surface area contributed by atoms with E-state index < -0.39 is 0 Å². The molecule has 2 heterocycles. The van der Waals surface area contributed by atoms with E-state index in [1.165, 1.54) is 0 Å². The maximum atomic E-state index is 12.3. The zero-order valence-corrected chi connectivity index (χ0v) is 16.5. The van der Waals surface area contributed by atoms with Crippen LogP contribution in [-0.4, -0.2) is 10.9 Å². The average Bonchev–Trinajstić information content (AvgIpc) is 3.27. The molecule has 4 rings (SSSR count). The van der Waals surface area contributed by atoms with Crippen LogP contribution in [0.15, 0.2) is 95.5 Å². The van der Waals surface area contributed by atoms with E-state index in [-0.39, 0.29) is 5.91 Å². The fraction of sp³-hybridized carbons (Fsp3) is 0.120. The maximum Gasteiger partial charge on any atom is 0.224 e. The van der Waals surface area contributed by atoms with E-state index in [1.807, 2.05) is 78.9 Å². The van der Waals surface area contributed by atoms with Crippen molar-refractivity contribution in [3.05, 3.63) is 103 Å². The number of amides is 1. The summed E-state index contributed by atoms with van der Waals surface area (Å²) in [6.45, 7) is 0.375. The number of benzene rings is 2. The summed E-state index contributed by atoms with van der Waals surface area (Å²) >= 11 is 0. The fourth-order valence-electron chi connectivity index (χ4n) is 3.03. The topological polar surface area (TPSA) is 64.4 Å². The largest absolute Gasteiger partial charge is 0.487 e. The van der Waals surface area contributed by atoms with Gasteiger partial charge in [0, 0.05) is 36.4 Å². The Labute approximate surface area is 175 Å². The Morgan fingerprint density at radius 3 is 2.63 bits per heavy atom. The summed E-state index contributed by atoms with van der Waals surface area (Å²) in [5, 5.41) is 2.91. The molecule has 150 valence electrons. The van der Waals surface area contributed by atoms with Gasteiger partial charge in [-0.15, -0.1) is 0 Å². The highest BCUT2D eigenvalue weighted by atomic mass is 16.5. The first-order chi connectivity index (χ1) is 14.8. The number of carbonyl (C=O) groups excluding carboxylic acids is 1. The molecule has 1 N–H and O–H groups in total. The van der Waals surface area contributed by atoms with Crippen molar-refractivity contribution in [1.82, 2.24) is 4.98 Å². The van der Waals surface area contributed by atoms with Gasteiger partial charge in [0.25, 0.3) is 0 Å². The van der Waals surface area contributed by atoms with Crippen molar-refractivity contribution in [2.24, 2.45) is 0 Å². The molecule has 0 aliphatic rings. The minimum atomic E-state index is -0.0745. The van der Waals surface area contributed by atoms with E-state index in [1.54, 1.807) is 12.3 Å². The lowest BCUT2D eigenvalue weighted by Gasteiger charge is -2.09. The highest BCUT2D eigenvalue weighted by Gasteiger charge is 2.08. The van der Waals surface area contributed by atoms with Crippen LogP contribution in [0.4, 0.5) is 5.69 Å². The van der Waals surface area contributed by atoms with E-state index in [9.17, 15) is 4.79 Å². The average molecular weight is 398 g/mol. The molecule has 0 bridgehead atoms. The number of aromatic nitrogens is 1. The Hall–Kier alpha value is -3.86. The zero-order valence-electron chi connectivity index (χ0n) is 16.5. The SMILES string of the molecule is O=C(CCc1ccc(-c2ccccc2)o1)Nc1cccc(OCc2ccccn2)c1. The molecule has 0 saturated heterocycles. The van der Waals surface area contributed by atoms with E-state index >= 15 is 0 Å². The third-order valence-electron chi connectivity index (χ3n) is 4.55. The molecule has 0 aliphatic carbocycles. The Bertz CT molecular complexity index is 1090. The van der Waals surface area contributed by atoms with Crippen LogP contribution < -0.4 is 10.1 Å². The van der Waals surface area contributed by atoms with Crippen molar-refractivity contribution in [3.8, 4) is 17.1 Å². The Morgan fingerprint density at radius 2 is 1.80 bits per heavy atom. The first-order valence-corrected chi connectivity index (χ1v) is 9.83. The number of hydrogen-bond acceptors (Lipinski definition) is 4. The quantitative estimate of drug-likeness (QED) is 0.426. The van der Waals surface area contributed by atoms with Gasteiger partial charge < -0.3 is 14.5 Å². The van der Waals surface area contributed by atoms with Crippen LogP contribution in [0.25, 0.3) is 11.3 Å². The van der Waals surface area contributed by atoms with Crippen LogP contribution in [0.5, 0.6) is 5.75 Å². The lowest BCUT2D eigenvalue weighted by atomic mass is 10.2. The summed E-state index contributed by atoms with van der Waals surface area (Å²) in [6, 6.07) is 26.8. The van der Waals surface area contributed by atoms with E-state index in [2.05, 4.69) is 10.3 Å². The molecule has 5 heteroatoms. The van der Waals surface area contributed by atoms with Gasteiger partial charge in [-0.25, -0.2) is 0 Å². The number of anilines is 1. The van der Waals surface area contributed by atoms with Crippen molar-refractivity contribution in [2.45, 2.75) is 19.4 Å². The van der Waals surface area contributed by atoms with Crippen LogP contribution in [-0.2, 0) is 17.8 Å². The van der Waals surface area contributed by atoms with Gasteiger partial charge in [0.2, 0.25) is 5.91 Å². The third kappa shape index (κ3) is 5.35. The molecule has 4 aromatic rings. The van der Waals surface area contributed by atoms with Gasteiger partial charge in [0.1, 0.15) is 23.9 Å². The number of nitrogens with zero attached hydrogens (tertiary/aromatic N) is 1. The molecule has 0 radical (unpaired) electrons. The van der Waals surface area contributed by atoms with E-state index in [0.29, 0.717) is 30.9 Å². The normalized spacial score (nSPS) is 10.5. The number of carbonyl (C=O) groups is 1. The van der Waals surface area contributed by atoms with Gasteiger partial charge >= 0.3 is 0 Å². The Morgan fingerprint density at radius 1 is 0.933 bits per heavy atom. The molecule has 30 heavy (non-hydrogen) atoms. The predicted molar refractivity (Wildman–Crippen MR) is 116 cm³/mol. The molecule has 0 fully saturated rings. The number of rotatable bonds is 8. The number of pyridine rings is 1. The first kappa shape index (κ1) is 19.5. The number of hydrogen-bond donors (Lipinski definition) is 1. The van der Waals surface area contributed by atoms with E-state index in [0.717, 1.165) is 22.8 Å². The van der Waals surface area contributed by atoms with Gasteiger partial charge in [-0.2, -0.15) is 0 Å². The fourth-order valence-corrected chi connectivity index (χ4v) is 3.03. The second-order valence-corrected chi connectivity index (χ2v) is 6.82. The summed E-state index contributed by atoms with van der Waals surface area (Å²) in [6.07, 6.45) is 2.60. The highest BCUT2D eigenvalue weighted by Crippen LogP contribution is 2.23. The molecule has 1 amide bonds. The number of aryl methyl sites for hydroxylation is 1. The molecule has 0 aliphatic heterocycles. The minimum Gasteiger partial charge on any atom is -0.487 e. The lowest BCUT2D eigenvalue weighted by molar-refractivity contribution is -0.116. The second kappa shape index (κ2) is 9.56. The van der Waals surface area contributed by atoms with Gasteiger partial charge in [-0.1, -0.05) is 42.5 Å². The van der Waals surface area contributed by atoms with Crippen molar-refractivity contribution in [3.63, 3.8) is 0 Å². The number of furan rings is 1. The molecule has 0 spiro atoms. The standard InChI is InChI=1S/C25H22N2O3/c28-25(15-13-22-12-14-24(30-22)19-7-2-1-3-8-19)27-20-10-6-11-23(17-20)29-18-21-9-4-5-16-26-21/h1-12,14,16-17H,13,15,18H2,(H,27,28). The summed E-state index contributed by atoms with van der Waals surface area (Å²) in [4.78, 5) is 16.6. The molecular weight excluding hydrogens is 376 g/mol. The van der Waals surface area contributed by atoms with Crippen LogP contribution in [0.3, 0.4) is 0 Å². The Kier molecular flexibility index (Phi) is 6.20. The molecule has 0 atom stereocenters. The molecular formula is C25H22N2O3. The van der Waals surface area contributed by atoms with Crippen LogP contribution >= 0.6 is 0 Å². The molecule has 2 aromatic heterocycles. The smallest absolute Gasteiger partial charge is 0.224 e. The molecule has 0 unspecified atom stereocenters. The van der Waals surface area contributed by atoms with Crippen LogP contribution in [0.2, 0.25) is 0 Å². The number of ether oxygens (including phenoxy) is 1. The Balaban J connectivity index is 1.28. The second-order valence-electron chi connectivity index (χ2n) is 6.82. The van der Waals surface area contributed by atoms with Crippen molar-refractivity contribution in [1.29, 1.82) is 0 Å². The first-order valence-electron chi connectivity index (χ1n) is 9.83. The molecule has 5 nitrogen and oxygen atoms in total. The summed E-state index contributed by atoms with van der Waals surface area (Å²) in [5.74, 6) is 2.20. The zero-order chi connectivity index (χ0) is 20.6. The van der Waals surface area contributed by atoms with Gasteiger partial charge in [-0.3, -0.25) is 9.78 Å². The minimum absolute atomic E-state index is 0.0745. The number of nitrogens with one attached hydrogen (secondary N) is 1. The van der Waals surface area contributed by atoms with Gasteiger partial charge in [0.05, 0.1) is 5.69 Å². The predicted octanol–water partition coefficient (Wildman–Crippen LogP) is 5.49. The van der Waals surface area contributed by atoms with Crippen molar-refractivity contribution in [2.75, 3.05) is 5.32 Å². The van der Waals surface area contributed by atoms with Crippen LogP contribution in [0, 0.1) is 0 Å².